The molecule has 0 amide bonds. The largest absolute Gasteiger partial charge is 0.494 e. The van der Waals surface area contributed by atoms with Crippen molar-refractivity contribution in [3.8, 4) is 5.75 Å². The van der Waals surface area contributed by atoms with Crippen molar-refractivity contribution in [2.45, 2.75) is 12.8 Å². The van der Waals surface area contributed by atoms with Crippen LogP contribution in [0, 0.1) is 0 Å². The van der Waals surface area contributed by atoms with Crippen LogP contribution in [0.4, 0.5) is 0 Å². The fourth-order valence-corrected chi connectivity index (χ4v) is 2.18. The second-order valence-electron chi connectivity index (χ2n) is 5.68. The van der Waals surface area contributed by atoms with Crippen LogP contribution in [0.3, 0.4) is 0 Å². The maximum absolute atomic E-state index is 5.83. The van der Waals surface area contributed by atoms with Gasteiger partial charge >= 0.3 is 0 Å². The third-order valence-corrected chi connectivity index (χ3v) is 3.39. The normalized spacial score (nSPS) is 11.2. The summed E-state index contributed by atoms with van der Waals surface area (Å²) in [4.78, 5) is 2.20. The monoisotopic (exact) mass is 295 g/mol. The molecule has 0 aromatic heterocycles. The van der Waals surface area contributed by atoms with Gasteiger partial charge in [0, 0.05) is 0 Å². The fourth-order valence-electron chi connectivity index (χ4n) is 2.18. The fraction of sp³-hybridized carbons (Fsp3) is 0.300. The molecule has 0 unspecified atom stereocenters. The minimum Gasteiger partial charge on any atom is -0.494 e. The average molecular weight is 295 g/mol. The Hall–Kier alpha value is -2.06. The Labute approximate surface area is 134 Å². The Bertz CT molecular complexity index is 575. The summed E-state index contributed by atoms with van der Waals surface area (Å²) in [5.74, 6) is 0.945. The summed E-state index contributed by atoms with van der Waals surface area (Å²) in [5.41, 5.74) is 2.37. The lowest BCUT2D eigenvalue weighted by atomic mass is 10.1. The molecule has 116 valence electrons. The lowest BCUT2D eigenvalue weighted by Gasteiger charge is -2.10. The SMILES string of the molecule is CN(C)CCCCOc1cccc(/C=C/c2ccccc2)c1. The highest BCUT2D eigenvalue weighted by Crippen LogP contribution is 2.16. The first kappa shape index (κ1) is 16.3. The highest BCUT2D eigenvalue weighted by molar-refractivity contribution is 5.70. The van der Waals surface area contributed by atoms with Crippen molar-refractivity contribution < 1.29 is 4.74 Å². The van der Waals surface area contributed by atoms with Crippen molar-refractivity contribution in [3.63, 3.8) is 0 Å². The molecule has 0 aliphatic rings. The van der Waals surface area contributed by atoms with E-state index < -0.39 is 0 Å². The third-order valence-electron chi connectivity index (χ3n) is 3.39. The van der Waals surface area contributed by atoms with E-state index in [1.54, 1.807) is 0 Å². The van der Waals surface area contributed by atoms with E-state index >= 15 is 0 Å². The number of rotatable bonds is 8. The van der Waals surface area contributed by atoms with Crippen LogP contribution in [-0.2, 0) is 0 Å². The molecular formula is C20H25NO. The molecule has 0 heterocycles. The van der Waals surface area contributed by atoms with Crippen molar-refractivity contribution in [3.05, 3.63) is 65.7 Å². The van der Waals surface area contributed by atoms with Gasteiger partial charge in [0.15, 0.2) is 0 Å². The molecule has 0 aliphatic carbocycles. The van der Waals surface area contributed by atoms with Gasteiger partial charge in [0.05, 0.1) is 6.61 Å². The zero-order chi connectivity index (χ0) is 15.6. The van der Waals surface area contributed by atoms with Crippen molar-refractivity contribution in [1.29, 1.82) is 0 Å². The minimum atomic E-state index is 0.777. The first-order valence-corrected chi connectivity index (χ1v) is 7.85. The van der Waals surface area contributed by atoms with E-state index in [1.807, 2.05) is 30.3 Å². The van der Waals surface area contributed by atoms with E-state index in [2.05, 4.69) is 55.4 Å². The number of nitrogens with zero attached hydrogens (tertiary/aromatic N) is 1. The first-order chi connectivity index (χ1) is 10.7. The molecule has 0 atom stereocenters. The molecule has 2 heteroatoms. The van der Waals surface area contributed by atoms with Gasteiger partial charge in [-0.15, -0.1) is 0 Å². The van der Waals surface area contributed by atoms with Gasteiger partial charge in [0.2, 0.25) is 0 Å². The number of benzene rings is 2. The molecule has 0 aliphatic heterocycles. The average Bonchev–Trinajstić information content (AvgIpc) is 2.54. The molecule has 2 nitrogen and oxygen atoms in total. The molecule has 0 saturated heterocycles. The van der Waals surface area contributed by atoms with Crippen LogP contribution in [0.25, 0.3) is 12.2 Å². The van der Waals surface area contributed by atoms with Crippen molar-refractivity contribution in [1.82, 2.24) is 4.90 Å². The van der Waals surface area contributed by atoms with E-state index in [0.29, 0.717) is 0 Å². The molecule has 0 bridgehead atoms. The zero-order valence-electron chi connectivity index (χ0n) is 13.5. The van der Waals surface area contributed by atoms with E-state index in [9.17, 15) is 0 Å². The van der Waals surface area contributed by atoms with Crippen LogP contribution in [0.5, 0.6) is 5.75 Å². The molecule has 2 aromatic carbocycles. The maximum Gasteiger partial charge on any atom is 0.119 e. The van der Waals surface area contributed by atoms with Crippen LogP contribution < -0.4 is 4.74 Å². The number of hydrogen-bond acceptors (Lipinski definition) is 2. The summed E-state index contributed by atoms with van der Waals surface area (Å²) in [7, 11) is 4.20. The molecule has 0 spiro atoms. The summed E-state index contributed by atoms with van der Waals surface area (Å²) in [6.07, 6.45) is 6.49. The molecule has 0 N–H and O–H groups in total. The molecular weight excluding hydrogens is 270 g/mol. The second kappa shape index (κ2) is 9.06. The molecule has 0 fully saturated rings. The Balaban J connectivity index is 1.83. The van der Waals surface area contributed by atoms with Crippen molar-refractivity contribution >= 4 is 12.2 Å². The second-order valence-corrected chi connectivity index (χ2v) is 5.68. The quantitative estimate of drug-likeness (QED) is 0.522. The van der Waals surface area contributed by atoms with Gasteiger partial charge in [-0.05, 0) is 56.7 Å². The Morgan fingerprint density at radius 2 is 1.59 bits per heavy atom. The molecule has 2 rings (SSSR count). The van der Waals surface area contributed by atoms with E-state index in [-0.39, 0.29) is 0 Å². The lowest BCUT2D eigenvalue weighted by Crippen LogP contribution is -2.13. The van der Waals surface area contributed by atoms with Gasteiger partial charge in [-0.25, -0.2) is 0 Å². The highest BCUT2D eigenvalue weighted by atomic mass is 16.5. The minimum absolute atomic E-state index is 0.777. The topological polar surface area (TPSA) is 12.5 Å². The number of unbranched alkanes of at least 4 members (excludes halogenated alkanes) is 1. The molecule has 2 aromatic rings. The highest BCUT2D eigenvalue weighted by Gasteiger charge is 1.96. The molecule has 22 heavy (non-hydrogen) atoms. The van der Waals surface area contributed by atoms with E-state index in [4.69, 9.17) is 4.74 Å². The summed E-state index contributed by atoms with van der Waals surface area (Å²) >= 11 is 0. The Morgan fingerprint density at radius 1 is 0.864 bits per heavy atom. The van der Waals surface area contributed by atoms with Crippen LogP contribution >= 0.6 is 0 Å². The predicted molar refractivity (Wildman–Crippen MR) is 95.1 cm³/mol. The third kappa shape index (κ3) is 6.15. The summed E-state index contributed by atoms with van der Waals surface area (Å²) < 4.78 is 5.83. The smallest absolute Gasteiger partial charge is 0.119 e. The van der Waals surface area contributed by atoms with Gasteiger partial charge in [0.1, 0.15) is 5.75 Å². The predicted octanol–water partition coefficient (Wildman–Crippen LogP) is 4.58. The van der Waals surface area contributed by atoms with Crippen LogP contribution in [0.2, 0.25) is 0 Å². The lowest BCUT2D eigenvalue weighted by molar-refractivity contribution is 0.293. The summed E-state index contributed by atoms with van der Waals surface area (Å²) in [6.45, 7) is 1.89. The molecule has 0 saturated carbocycles. The standard InChI is InChI=1S/C20H25NO/c1-21(2)15-6-7-16-22-20-12-8-11-19(17-20)14-13-18-9-4-3-5-10-18/h3-5,8-14,17H,6-7,15-16H2,1-2H3/b14-13+. The van der Waals surface area contributed by atoms with Crippen molar-refractivity contribution in [2.24, 2.45) is 0 Å². The number of hydrogen-bond donors (Lipinski definition) is 0. The maximum atomic E-state index is 5.83. The zero-order valence-corrected chi connectivity index (χ0v) is 13.5. The Kier molecular flexibility index (Phi) is 6.72. The Morgan fingerprint density at radius 3 is 2.36 bits per heavy atom. The molecule has 0 radical (unpaired) electrons. The number of ether oxygens (including phenoxy) is 1. The van der Waals surface area contributed by atoms with Gasteiger partial charge in [-0.2, -0.15) is 0 Å². The van der Waals surface area contributed by atoms with Gasteiger partial charge < -0.3 is 9.64 Å². The van der Waals surface area contributed by atoms with Crippen molar-refractivity contribution in [2.75, 3.05) is 27.2 Å². The van der Waals surface area contributed by atoms with Gasteiger partial charge in [-0.3, -0.25) is 0 Å². The van der Waals surface area contributed by atoms with Crippen LogP contribution in [0.15, 0.2) is 54.6 Å². The summed E-state index contributed by atoms with van der Waals surface area (Å²) in [5, 5.41) is 0. The summed E-state index contributed by atoms with van der Waals surface area (Å²) in [6, 6.07) is 18.6. The van der Waals surface area contributed by atoms with Crippen LogP contribution in [-0.4, -0.2) is 32.1 Å². The van der Waals surface area contributed by atoms with E-state index in [0.717, 1.165) is 30.9 Å². The van der Waals surface area contributed by atoms with Gasteiger partial charge in [-0.1, -0.05) is 54.6 Å². The first-order valence-electron chi connectivity index (χ1n) is 7.85. The van der Waals surface area contributed by atoms with E-state index in [1.165, 1.54) is 12.0 Å². The van der Waals surface area contributed by atoms with Crippen LogP contribution in [0.1, 0.15) is 24.0 Å². The van der Waals surface area contributed by atoms with Gasteiger partial charge in [0.25, 0.3) is 0 Å².